The number of carbonyl (C=O) groups excluding carboxylic acids is 1. The second kappa shape index (κ2) is 7.78. The standard InChI is InChI=1S/C11H18N4O3S/c1-2-9-13-14-11(19-7-10(17)18)15(9)6-4-3-5-8(12)16/h2-7H2,1H3,(H2,12,16)(H,17,18). The highest BCUT2D eigenvalue weighted by molar-refractivity contribution is 7.99. The van der Waals surface area contributed by atoms with Gasteiger partial charge in [0.05, 0.1) is 5.75 Å². The van der Waals surface area contributed by atoms with Gasteiger partial charge in [-0.3, -0.25) is 9.59 Å². The zero-order chi connectivity index (χ0) is 14.3. The monoisotopic (exact) mass is 286 g/mol. The quantitative estimate of drug-likeness (QED) is 0.510. The Bertz CT molecular complexity index is 447. The zero-order valence-corrected chi connectivity index (χ0v) is 11.7. The molecule has 0 aliphatic heterocycles. The molecule has 0 radical (unpaired) electrons. The van der Waals surface area contributed by atoms with E-state index in [9.17, 15) is 9.59 Å². The Kier molecular flexibility index (Phi) is 6.34. The first-order chi connectivity index (χ1) is 9.04. The summed E-state index contributed by atoms with van der Waals surface area (Å²) < 4.78 is 1.91. The maximum Gasteiger partial charge on any atom is 0.313 e. The number of hydrogen-bond donors (Lipinski definition) is 2. The highest BCUT2D eigenvalue weighted by Gasteiger charge is 2.12. The molecule has 0 aromatic carbocycles. The molecular formula is C11H18N4O3S. The molecule has 0 aliphatic carbocycles. The summed E-state index contributed by atoms with van der Waals surface area (Å²) in [6, 6.07) is 0. The number of aliphatic carboxylic acids is 1. The van der Waals surface area contributed by atoms with Crippen molar-refractivity contribution in [1.82, 2.24) is 14.8 Å². The van der Waals surface area contributed by atoms with Crippen LogP contribution < -0.4 is 5.73 Å². The Balaban J connectivity index is 2.59. The fourth-order valence-electron chi connectivity index (χ4n) is 1.61. The lowest BCUT2D eigenvalue weighted by Gasteiger charge is -2.08. The van der Waals surface area contributed by atoms with Crippen LogP contribution in [0.5, 0.6) is 0 Å². The number of rotatable bonds is 9. The fourth-order valence-corrected chi connectivity index (χ4v) is 2.31. The van der Waals surface area contributed by atoms with Crippen LogP contribution in [0.15, 0.2) is 5.16 Å². The maximum atomic E-state index is 10.6. The summed E-state index contributed by atoms with van der Waals surface area (Å²) in [5, 5.41) is 17.3. The van der Waals surface area contributed by atoms with Crippen molar-refractivity contribution < 1.29 is 14.7 Å². The molecule has 7 nitrogen and oxygen atoms in total. The topological polar surface area (TPSA) is 111 Å². The first kappa shape index (κ1) is 15.5. The summed E-state index contributed by atoms with van der Waals surface area (Å²) in [7, 11) is 0. The number of thioether (sulfide) groups is 1. The molecule has 1 rings (SSSR count). The average molecular weight is 286 g/mol. The average Bonchev–Trinajstić information content (AvgIpc) is 2.74. The number of hydrogen-bond acceptors (Lipinski definition) is 5. The molecule has 0 fully saturated rings. The molecule has 1 heterocycles. The van der Waals surface area contributed by atoms with Crippen molar-refractivity contribution in [1.29, 1.82) is 0 Å². The van der Waals surface area contributed by atoms with Crippen LogP contribution in [-0.2, 0) is 22.6 Å². The Labute approximate surface area is 115 Å². The van der Waals surface area contributed by atoms with E-state index in [0.29, 0.717) is 24.5 Å². The van der Waals surface area contributed by atoms with E-state index in [-0.39, 0.29) is 11.7 Å². The number of carbonyl (C=O) groups is 2. The number of aromatic nitrogens is 3. The molecule has 0 saturated carbocycles. The van der Waals surface area contributed by atoms with E-state index in [2.05, 4.69) is 10.2 Å². The molecule has 1 amide bonds. The van der Waals surface area contributed by atoms with Gasteiger partial charge in [0.1, 0.15) is 5.82 Å². The van der Waals surface area contributed by atoms with E-state index in [1.54, 1.807) is 0 Å². The predicted octanol–water partition coefficient (Wildman–Crippen LogP) is 0.673. The molecule has 0 bridgehead atoms. The Morgan fingerprint density at radius 2 is 2.11 bits per heavy atom. The number of carboxylic acid groups (broad SMARTS) is 1. The van der Waals surface area contributed by atoms with Crippen LogP contribution in [0.1, 0.15) is 32.0 Å². The van der Waals surface area contributed by atoms with Crippen LogP contribution in [0.2, 0.25) is 0 Å². The van der Waals surface area contributed by atoms with Crippen molar-refractivity contribution in [3.8, 4) is 0 Å². The van der Waals surface area contributed by atoms with E-state index in [4.69, 9.17) is 10.8 Å². The predicted molar refractivity (Wildman–Crippen MR) is 70.8 cm³/mol. The third-order valence-electron chi connectivity index (χ3n) is 2.49. The Morgan fingerprint density at radius 1 is 1.37 bits per heavy atom. The van der Waals surface area contributed by atoms with Crippen LogP contribution in [-0.4, -0.2) is 37.5 Å². The van der Waals surface area contributed by atoms with Gasteiger partial charge < -0.3 is 15.4 Å². The summed E-state index contributed by atoms with van der Waals surface area (Å²) in [4.78, 5) is 21.2. The number of nitrogens with zero attached hydrogens (tertiary/aromatic N) is 3. The van der Waals surface area contributed by atoms with Crippen molar-refractivity contribution in [3.63, 3.8) is 0 Å². The Hall–Kier alpha value is -1.57. The van der Waals surface area contributed by atoms with Crippen molar-refractivity contribution >= 4 is 23.6 Å². The molecule has 3 N–H and O–H groups in total. The van der Waals surface area contributed by atoms with Gasteiger partial charge in [0.25, 0.3) is 0 Å². The molecule has 106 valence electrons. The summed E-state index contributed by atoms with van der Waals surface area (Å²) in [5.74, 6) is -0.401. The van der Waals surface area contributed by atoms with E-state index in [0.717, 1.165) is 30.4 Å². The molecule has 0 atom stereocenters. The van der Waals surface area contributed by atoms with Crippen LogP contribution in [0.4, 0.5) is 0 Å². The highest BCUT2D eigenvalue weighted by atomic mass is 32.2. The lowest BCUT2D eigenvalue weighted by molar-refractivity contribution is -0.133. The van der Waals surface area contributed by atoms with E-state index >= 15 is 0 Å². The van der Waals surface area contributed by atoms with Crippen molar-refractivity contribution in [2.75, 3.05) is 5.75 Å². The number of nitrogens with two attached hydrogens (primary N) is 1. The van der Waals surface area contributed by atoms with Gasteiger partial charge >= 0.3 is 5.97 Å². The molecule has 0 spiro atoms. The molecule has 19 heavy (non-hydrogen) atoms. The third-order valence-corrected chi connectivity index (χ3v) is 3.44. The minimum Gasteiger partial charge on any atom is -0.481 e. The molecular weight excluding hydrogens is 268 g/mol. The smallest absolute Gasteiger partial charge is 0.313 e. The second-order valence-electron chi connectivity index (χ2n) is 4.01. The normalized spacial score (nSPS) is 10.6. The van der Waals surface area contributed by atoms with Crippen LogP contribution in [0.3, 0.4) is 0 Å². The largest absolute Gasteiger partial charge is 0.481 e. The fraction of sp³-hybridized carbons (Fsp3) is 0.636. The summed E-state index contributed by atoms with van der Waals surface area (Å²) in [6.45, 7) is 2.64. The summed E-state index contributed by atoms with van der Waals surface area (Å²) in [5.41, 5.74) is 5.08. The number of carboxylic acids is 1. The molecule has 1 aromatic rings. The van der Waals surface area contributed by atoms with Crippen LogP contribution in [0, 0.1) is 0 Å². The number of aryl methyl sites for hydroxylation is 1. The molecule has 8 heteroatoms. The Morgan fingerprint density at radius 3 is 2.68 bits per heavy atom. The van der Waals surface area contributed by atoms with E-state index in [1.807, 2.05) is 11.5 Å². The van der Waals surface area contributed by atoms with Gasteiger partial charge in [0, 0.05) is 19.4 Å². The number of amides is 1. The SMILES string of the molecule is CCc1nnc(SCC(=O)O)n1CCCCC(N)=O. The van der Waals surface area contributed by atoms with Crippen molar-refractivity contribution in [3.05, 3.63) is 5.82 Å². The van der Waals surface area contributed by atoms with Gasteiger partial charge in [0.15, 0.2) is 5.16 Å². The van der Waals surface area contributed by atoms with Gasteiger partial charge in [-0.2, -0.15) is 0 Å². The van der Waals surface area contributed by atoms with Gasteiger partial charge in [0.2, 0.25) is 5.91 Å². The molecule has 0 saturated heterocycles. The van der Waals surface area contributed by atoms with Crippen molar-refractivity contribution in [2.45, 2.75) is 44.3 Å². The molecule has 0 aliphatic rings. The van der Waals surface area contributed by atoms with Gasteiger partial charge in [-0.15, -0.1) is 10.2 Å². The lowest BCUT2D eigenvalue weighted by atomic mass is 10.2. The van der Waals surface area contributed by atoms with Gasteiger partial charge in [-0.05, 0) is 12.8 Å². The first-order valence-electron chi connectivity index (χ1n) is 6.09. The van der Waals surface area contributed by atoms with Crippen LogP contribution in [0.25, 0.3) is 0 Å². The van der Waals surface area contributed by atoms with E-state index in [1.165, 1.54) is 0 Å². The van der Waals surface area contributed by atoms with Crippen molar-refractivity contribution in [2.24, 2.45) is 5.73 Å². The van der Waals surface area contributed by atoms with Gasteiger partial charge in [-0.1, -0.05) is 18.7 Å². The number of unbranched alkanes of at least 4 members (excludes halogenated alkanes) is 1. The molecule has 0 unspecified atom stereocenters. The summed E-state index contributed by atoms with van der Waals surface area (Å²) in [6.07, 6.45) is 2.59. The maximum absolute atomic E-state index is 10.6. The number of primary amides is 1. The lowest BCUT2D eigenvalue weighted by Crippen LogP contribution is -2.11. The highest BCUT2D eigenvalue weighted by Crippen LogP contribution is 2.18. The zero-order valence-electron chi connectivity index (χ0n) is 10.8. The second-order valence-corrected chi connectivity index (χ2v) is 4.95. The van der Waals surface area contributed by atoms with Crippen LogP contribution >= 0.6 is 11.8 Å². The van der Waals surface area contributed by atoms with Gasteiger partial charge in [-0.25, -0.2) is 0 Å². The molecule has 1 aromatic heterocycles. The minimum absolute atomic E-state index is 0.0386. The minimum atomic E-state index is -0.883. The summed E-state index contributed by atoms with van der Waals surface area (Å²) >= 11 is 1.15. The van der Waals surface area contributed by atoms with E-state index < -0.39 is 5.97 Å². The third kappa shape index (κ3) is 5.29. The first-order valence-corrected chi connectivity index (χ1v) is 7.08.